The average molecular weight is 254 g/mol. The van der Waals surface area contributed by atoms with Crippen molar-refractivity contribution >= 4 is 0 Å². The van der Waals surface area contributed by atoms with Gasteiger partial charge >= 0.3 is 0 Å². The summed E-state index contributed by atoms with van der Waals surface area (Å²) in [4.78, 5) is 2.76. The highest BCUT2D eigenvalue weighted by Crippen LogP contribution is 2.33. The molecule has 2 aliphatic rings. The van der Waals surface area contributed by atoms with Crippen LogP contribution in [0.1, 0.15) is 45.4 Å². The van der Waals surface area contributed by atoms with Gasteiger partial charge in [0, 0.05) is 25.1 Å². The number of rotatable bonds is 5. The van der Waals surface area contributed by atoms with Crippen LogP contribution in [0.5, 0.6) is 0 Å². The molecule has 0 saturated carbocycles. The molecule has 2 rings (SSSR count). The first-order valence-electron chi connectivity index (χ1n) is 7.73. The van der Waals surface area contributed by atoms with Crippen LogP contribution in [0.15, 0.2) is 0 Å². The summed E-state index contributed by atoms with van der Waals surface area (Å²) in [5.41, 5.74) is 0.408. The van der Waals surface area contributed by atoms with E-state index in [0.29, 0.717) is 5.41 Å². The molecule has 1 N–H and O–H groups in total. The molecule has 106 valence electrons. The zero-order chi connectivity index (χ0) is 12.8. The van der Waals surface area contributed by atoms with E-state index in [9.17, 15) is 0 Å². The van der Waals surface area contributed by atoms with Gasteiger partial charge < -0.3 is 10.1 Å². The Balaban J connectivity index is 1.98. The summed E-state index contributed by atoms with van der Waals surface area (Å²) >= 11 is 0. The fraction of sp³-hybridized carbons (Fsp3) is 1.00. The van der Waals surface area contributed by atoms with Gasteiger partial charge in [0.05, 0.1) is 6.61 Å². The van der Waals surface area contributed by atoms with Crippen molar-refractivity contribution in [3.8, 4) is 0 Å². The number of hydrogen-bond donors (Lipinski definition) is 1. The molecule has 2 heterocycles. The lowest BCUT2D eigenvalue weighted by Crippen LogP contribution is -2.51. The normalized spacial score (nSPS) is 29.3. The topological polar surface area (TPSA) is 24.5 Å². The third-order valence-corrected chi connectivity index (χ3v) is 4.87. The lowest BCUT2D eigenvalue weighted by Gasteiger charge is -2.45. The summed E-state index contributed by atoms with van der Waals surface area (Å²) in [7, 11) is 1.86. The molecular weight excluding hydrogens is 224 g/mol. The summed E-state index contributed by atoms with van der Waals surface area (Å²) < 4.78 is 5.54. The zero-order valence-electron chi connectivity index (χ0n) is 12.2. The second-order valence-electron chi connectivity index (χ2n) is 6.21. The van der Waals surface area contributed by atoms with Gasteiger partial charge in [-0.25, -0.2) is 0 Å². The van der Waals surface area contributed by atoms with Gasteiger partial charge in [-0.3, -0.25) is 4.90 Å². The van der Waals surface area contributed by atoms with E-state index in [2.05, 4.69) is 17.1 Å². The van der Waals surface area contributed by atoms with Gasteiger partial charge in [-0.2, -0.15) is 0 Å². The number of hydrogen-bond acceptors (Lipinski definition) is 3. The van der Waals surface area contributed by atoms with Crippen LogP contribution in [0.4, 0.5) is 0 Å². The minimum Gasteiger partial charge on any atom is -0.384 e. The Morgan fingerprint density at radius 3 is 2.72 bits per heavy atom. The van der Waals surface area contributed by atoms with Crippen LogP contribution in [0, 0.1) is 5.41 Å². The molecule has 0 radical (unpaired) electrons. The van der Waals surface area contributed by atoms with Crippen molar-refractivity contribution in [2.75, 3.05) is 39.9 Å². The van der Waals surface area contributed by atoms with Crippen LogP contribution in [0.3, 0.4) is 0 Å². The third-order valence-electron chi connectivity index (χ3n) is 4.87. The molecule has 0 aromatic heterocycles. The largest absolute Gasteiger partial charge is 0.384 e. The lowest BCUT2D eigenvalue weighted by atomic mass is 9.78. The van der Waals surface area contributed by atoms with E-state index in [4.69, 9.17) is 4.74 Å². The van der Waals surface area contributed by atoms with Gasteiger partial charge in [-0.05, 0) is 51.7 Å². The Kier molecular flexibility index (Phi) is 5.46. The Hall–Kier alpha value is -0.120. The summed E-state index contributed by atoms with van der Waals surface area (Å²) in [6.07, 6.45) is 8.06. The fourth-order valence-corrected chi connectivity index (χ4v) is 3.77. The molecule has 2 fully saturated rings. The van der Waals surface area contributed by atoms with E-state index >= 15 is 0 Å². The third kappa shape index (κ3) is 3.46. The highest BCUT2D eigenvalue weighted by Gasteiger charge is 2.36. The minimum atomic E-state index is 0.408. The molecular formula is C15H30N2O. The molecule has 0 spiro atoms. The van der Waals surface area contributed by atoms with Gasteiger partial charge in [-0.1, -0.05) is 13.3 Å². The van der Waals surface area contributed by atoms with Gasteiger partial charge in [0.25, 0.3) is 0 Å². The zero-order valence-corrected chi connectivity index (χ0v) is 12.2. The minimum absolute atomic E-state index is 0.408. The number of nitrogens with zero attached hydrogens (tertiary/aromatic N) is 1. The van der Waals surface area contributed by atoms with E-state index in [1.54, 1.807) is 0 Å². The molecule has 0 amide bonds. The molecule has 0 aromatic carbocycles. The maximum absolute atomic E-state index is 5.54. The van der Waals surface area contributed by atoms with E-state index in [0.717, 1.165) is 25.7 Å². The van der Waals surface area contributed by atoms with E-state index in [1.165, 1.54) is 51.6 Å². The van der Waals surface area contributed by atoms with E-state index in [-0.39, 0.29) is 0 Å². The van der Waals surface area contributed by atoms with Gasteiger partial charge in [0.15, 0.2) is 0 Å². The number of nitrogens with one attached hydrogen (secondary N) is 1. The van der Waals surface area contributed by atoms with Crippen molar-refractivity contribution in [2.45, 2.75) is 51.5 Å². The fourth-order valence-electron chi connectivity index (χ4n) is 3.77. The smallest absolute Gasteiger partial charge is 0.0531 e. The highest BCUT2D eigenvalue weighted by atomic mass is 16.5. The number of methoxy groups -OCH3 is 1. The number of likely N-dealkylation sites (tertiary alicyclic amines) is 1. The van der Waals surface area contributed by atoms with Crippen molar-refractivity contribution in [3.05, 3.63) is 0 Å². The molecule has 0 aromatic rings. The second-order valence-corrected chi connectivity index (χ2v) is 6.21. The number of piperidine rings is 2. The molecule has 3 heteroatoms. The van der Waals surface area contributed by atoms with Crippen LogP contribution in [-0.2, 0) is 4.74 Å². The molecule has 2 saturated heterocycles. The predicted octanol–water partition coefficient (Wildman–Crippen LogP) is 2.27. The van der Waals surface area contributed by atoms with Gasteiger partial charge in [-0.15, -0.1) is 0 Å². The van der Waals surface area contributed by atoms with Crippen LogP contribution in [0.2, 0.25) is 0 Å². The first-order chi connectivity index (χ1) is 8.79. The SMILES string of the molecule is CCC1CCCCN1CC1(COC)CCNCC1. The highest BCUT2D eigenvalue weighted by molar-refractivity contribution is 4.90. The van der Waals surface area contributed by atoms with Crippen LogP contribution in [0.25, 0.3) is 0 Å². The Morgan fingerprint density at radius 2 is 2.06 bits per heavy atom. The monoisotopic (exact) mass is 254 g/mol. The van der Waals surface area contributed by atoms with Crippen molar-refractivity contribution < 1.29 is 4.74 Å². The maximum atomic E-state index is 5.54. The molecule has 0 bridgehead atoms. The first kappa shape index (κ1) is 14.3. The first-order valence-corrected chi connectivity index (χ1v) is 7.73. The van der Waals surface area contributed by atoms with Crippen LogP contribution < -0.4 is 5.32 Å². The molecule has 2 aliphatic heterocycles. The standard InChI is InChI=1S/C15H30N2O/c1-3-14-6-4-5-11-17(14)12-15(13-18-2)7-9-16-10-8-15/h14,16H,3-13H2,1-2H3. The van der Waals surface area contributed by atoms with Crippen molar-refractivity contribution in [2.24, 2.45) is 5.41 Å². The summed E-state index contributed by atoms with van der Waals surface area (Å²) in [6, 6.07) is 0.822. The molecule has 3 nitrogen and oxygen atoms in total. The van der Waals surface area contributed by atoms with Crippen molar-refractivity contribution in [3.63, 3.8) is 0 Å². The maximum Gasteiger partial charge on any atom is 0.0531 e. The van der Waals surface area contributed by atoms with Gasteiger partial charge in [0.2, 0.25) is 0 Å². The van der Waals surface area contributed by atoms with Gasteiger partial charge in [0.1, 0.15) is 0 Å². The Morgan fingerprint density at radius 1 is 1.28 bits per heavy atom. The molecule has 0 aliphatic carbocycles. The van der Waals surface area contributed by atoms with E-state index in [1.807, 2.05) is 7.11 Å². The number of ether oxygens (including phenoxy) is 1. The Bertz CT molecular complexity index is 233. The summed E-state index contributed by atoms with van der Waals surface area (Å²) in [5, 5.41) is 3.49. The average Bonchev–Trinajstić information content (AvgIpc) is 2.40. The molecule has 1 atom stereocenters. The van der Waals surface area contributed by atoms with Crippen molar-refractivity contribution in [1.29, 1.82) is 0 Å². The predicted molar refractivity (Wildman–Crippen MR) is 75.9 cm³/mol. The molecule has 1 unspecified atom stereocenters. The van der Waals surface area contributed by atoms with Crippen LogP contribution >= 0.6 is 0 Å². The van der Waals surface area contributed by atoms with Crippen LogP contribution in [-0.4, -0.2) is 50.8 Å². The lowest BCUT2D eigenvalue weighted by molar-refractivity contribution is 0.00118. The van der Waals surface area contributed by atoms with E-state index < -0.39 is 0 Å². The van der Waals surface area contributed by atoms with Crippen molar-refractivity contribution in [1.82, 2.24) is 10.2 Å². The molecule has 18 heavy (non-hydrogen) atoms. The summed E-state index contributed by atoms with van der Waals surface area (Å²) in [6.45, 7) is 8.15. The quantitative estimate of drug-likeness (QED) is 0.814. The Labute approximate surface area is 112 Å². The second kappa shape index (κ2) is 6.88. The summed E-state index contributed by atoms with van der Waals surface area (Å²) in [5.74, 6) is 0.